The fourth-order valence-corrected chi connectivity index (χ4v) is 2.83. The minimum Gasteiger partial charge on any atom is -0.369 e. The van der Waals surface area contributed by atoms with Gasteiger partial charge in [0.15, 0.2) is 0 Å². The maximum absolute atomic E-state index is 11.9. The van der Waals surface area contributed by atoms with Gasteiger partial charge in [0.25, 0.3) is 0 Å². The molecule has 2 aromatic heterocycles. The quantitative estimate of drug-likeness (QED) is 0.914. The van der Waals surface area contributed by atoms with Crippen LogP contribution in [0, 0.1) is 5.92 Å². The molecule has 1 unspecified atom stereocenters. The highest BCUT2D eigenvalue weighted by molar-refractivity contribution is 7.13. The summed E-state index contributed by atoms with van der Waals surface area (Å²) in [5.41, 5.74) is 6.01. The van der Waals surface area contributed by atoms with Crippen LogP contribution in [0.15, 0.2) is 29.8 Å². The Labute approximate surface area is 119 Å². The topological polar surface area (TPSA) is 89.2 Å². The summed E-state index contributed by atoms with van der Waals surface area (Å²) < 4.78 is 0. The van der Waals surface area contributed by atoms with Gasteiger partial charge in [0.2, 0.25) is 17.8 Å². The zero-order valence-corrected chi connectivity index (χ0v) is 11.3. The average Bonchev–Trinajstić information content (AvgIpc) is 3.08. The third-order valence-corrected chi connectivity index (χ3v) is 4.08. The molecule has 0 bridgehead atoms. The Hall–Kier alpha value is -2.28. The van der Waals surface area contributed by atoms with Crippen LogP contribution in [0.3, 0.4) is 0 Å². The van der Waals surface area contributed by atoms with Gasteiger partial charge in [-0.3, -0.25) is 14.5 Å². The van der Waals surface area contributed by atoms with Crippen molar-refractivity contribution in [3.05, 3.63) is 29.8 Å². The minimum absolute atomic E-state index is 0.127. The van der Waals surface area contributed by atoms with Crippen molar-refractivity contribution in [3.8, 4) is 10.6 Å². The average molecular weight is 288 g/mol. The molecule has 0 saturated carbocycles. The second-order valence-corrected chi connectivity index (χ2v) is 5.47. The molecule has 0 aromatic carbocycles. The van der Waals surface area contributed by atoms with E-state index in [2.05, 4.69) is 9.97 Å². The van der Waals surface area contributed by atoms with Gasteiger partial charge in [0.05, 0.1) is 16.5 Å². The summed E-state index contributed by atoms with van der Waals surface area (Å²) in [7, 11) is 0. The van der Waals surface area contributed by atoms with Crippen LogP contribution in [0.25, 0.3) is 10.6 Å². The molecule has 0 aliphatic carbocycles. The predicted octanol–water partition coefficient (Wildman–Crippen LogP) is 1.04. The smallest absolute Gasteiger partial charge is 0.232 e. The fraction of sp³-hybridized carbons (Fsp3) is 0.231. The molecule has 7 heteroatoms. The Balaban J connectivity index is 1.90. The number of thiophene rings is 1. The van der Waals surface area contributed by atoms with Gasteiger partial charge in [-0.1, -0.05) is 6.07 Å². The third-order valence-electron chi connectivity index (χ3n) is 3.19. The first-order valence-corrected chi connectivity index (χ1v) is 6.99. The van der Waals surface area contributed by atoms with Crippen molar-refractivity contribution in [1.82, 2.24) is 9.97 Å². The molecule has 3 heterocycles. The van der Waals surface area contributed by atoms with Crippen molar-refractivity contribution in [1.29, 1.82) is 0 Å². The van der Waals surface area contributed by atoms with Gasteiger partial charge in [0.1, 0.15) is 0 Å². The first-order valence-electron chi connectivity index (χ1n) is 6.12. The van der Waals surface area contributed by atoms with Crippen molar-refractivity contribution in [2.24, 2.45) is 11.7 Å². The first kappa shape index (κ1) is 12.7. The number of aromatic nitrogens is 2. The van der Waals surface area contributed by atoms with E-state index in [1.54, 1.807) is 23.6 Å². The van der Waals surface area contributed by atoms with Crippen LogP contribution in [-0.4, -0.2) is 28.3 Å². The molecule has 2 aromatic rings. The van der Waals surface area contributed by atoms with Crippen molar-refractivity contribution >= 4 is 29.1 Å². The van der Waals surface area contributed by atoms with Gasteiger partial charge in [-0.15, -0.1) is 11.3 Å². The molecular formula is C13H12N4O2S. The molecule has 1 aliphatic heterocycles. The highest BCUT2D eigenvalue weighted by atomic mass is 32.1. The highest BCUT2D eigenvalue weighted by Crippen LogP contribution is 2.26. The van der Waals surface area contributed by atoms with E-state index in [-0.39, 0.29) is 18.9 Å². The monoisotopic (exact) mass is 288 g/mol. The molecule has 0 spiro atoms. The number of rotatable bonds is 3. The van der Waals surface area contributed by atoms with E-state index >= 15 is 0 Å². The van der Waals surface area contributed by atoms with Gasteiger partial charge in [-0.2, -0.15) is 0 Å². The molecule has 102 valence electrons. The molecule has 1 saturated heterocycles. The fourth-order valence-electron chi connectivity index (χ4n) is 2.13. The van der Waals surface area contributed by atoms with Crippen molar-refractivity contribution in [3.63, 3.8) is 0 Å². The SMILES string of the molecule is NC(=O)C1CC(=O)N(c2nccc(-c3cccs3)n2)C1. The van der Waals surface area contributed by atoms with Gasteiger partial charge in [-0.05, 0) is 17.5 Å². The summed E-state index contributed by atoms with van der Waals surface area (Å²) in [6, 6.07) is 5.68. The first-order chi connectivity index (χ1) is 9.65. The number of carbonyl (C=O) groups is 2. The summed E-state index contributed by atoms with van der Waals surface area (Å²) in [5, 5.41) is 1.96. The van der Waals surface area contributed by atoms with E-state index in [1.807, 2.05) is 17.5 Å². The molecule has 1 fully saturated rings. The second-order valence-electron chi connectivity index (χ2n) is 4.53. The van der Waals surface area contributed by atoms with Crippen molar-refractivity contribution < 1.29 is 9.59 Å². The maximum atomic E-state index is 11.9. The molecule has 2 N–H and O–H groups in total. The van der Waals surface area contributed by atoms with E-state index < -0.39 is 11.8 Å². The van der Waals surface area contributed by atoms with E-state index in [0.29, 0.717) is 5.95 Å². The molecule has 3 rings (SSSR count). The molecule has 20 heavy (non-hydrogen) atoms. The second kappa shape index (κ2) is 5.01. The predicted molar refractivity (Wildman–Crippen MR) is 75.0 cm³/mol. The summed E-state index contributed by atoms with van der Waals surface area (Å²) >= 11 is 1.57. The molecule has 2 amide bonds. The highest BCUT2D eigenvalue weighted by Gasteiger charge is 2.35. The standard InChI is InChI=1S/C13H12N4O2S/c14-12(19)8-6-11(18)17(7-8)13-15-4-3-9(16-13)10-2-1-5-20-10/h1-5,8H,6-7H2,(H2,14,19). The van der Waals surface area contributed by atoms with Crippen molar-refractivity contribution in [2.45, 2.75) is 6.42 Å². The summed E-state index contributed by atoms with van der Waals surface area (Å²) in [6.45, 7) is 0.252. The summed E-state index contributed by atoms with van der Waals surface area (Å²) in [4.78, 5) is 34.1. The van der Waals surface area contributed by atoms with E-state index in [1.165, 1.54) is 4.90 Å². The Kier molecular flexibility index (Phi) is 3.19. The number of nitrogens with two attached hydrogens (primary N) is 1. The number of carbonyl (C=O) groups excluding carboxylic acids is 2. The molecule has 1 aliphatic rings. The van der Waals surface area contributed by atoms with E-state index in [4.69, 9.17) is 5.73 Å². The van der Waals surface area contributed by atoms with Gasteiger partial charge in [-0.25, -0.2) is 9.97 Å². The van der Waals surface area contributed by atoms with E-state index in [9.17, 15) is 9.59 Å². The third kappa shape index (κ3) is 2.27. The van der Waals surface area contributed by atoms with Crippen molar-refractivity contribution in [2.75, 3.05) is 11.4 Å². The number of hydrogen-bond donors (Lipinski definition) is 1. The zero-order chi connectivity index (χ0) is 14.1. The number of amides is 2. The lowest BCUT2D eigenvalue weighted by atomic mass is 10.1. The van der Waals surface area contributed by atoms with Gasteiger partial charge >= 0.3 is 0 Å². The maximum Gasteiger partial charge on any atom is 0.232 e. The zero-order valence-electron chi connectivity index (χ0n) is 10.5. The molecule has 1 atom stereocenters. The molecule has 6 nitrogen and oxygen atoms in total. The van der Waals surface area contributed by atoms with Crippen LogP contribution < -0.4 is 10.6 Å². The van der Waals surface area contributed by atoms with Crippen LogP contribution in [0.4, 0.5) is 5.95 Å². The summed E-state index contributed by atoms with van der Waals surface area (Å²) in [6.07, 6.45) is 1.74. The lowest BCUT2D eigenvalue weighted by Crippen LogP contribution is -2.29. The normalized spacial score (nSPS) is 18.5. The van der Waals surface area contributed by atoms with Crippen LogP contribution in [0.2, 0.25) is 0 Å². The Morgan fingerprint density at radius 2 is 2.30 bits per heavy atom. The number of nitrogens with zero attached hydrogens (tertiary/aromatic N) is 3. The van der Waals surface area contributed by atoms with Crippen LogP contribution in [-0.2, 0) is 9.59 Å². The summed E-state index contributed by atoms with van der Waals surface area (Å²) in [5.74, 6) is -0.770. The lowest BCUT2D eigenvalue weighted by Gasteiger charge is -2.14. The number of primary amides is 1. The van der Waals surface area contributed by atoms with Gasteiger partial charge in [0, 0.05) is 19.2 Å². The Bertz CT molecular complexity index is 656. The Morgan fingerprint density at radius 1 is 1.45 bits per heavy atom. The lowest BCUT2D eigenvalue weighted by molar-refractivity contribution is -0.123. The van der Waals surface area contributed by atoms with Crippen LogP contribution >= 0.6 is 11.3 Å². The molecule has 0 radical (unpaired) electrons. The van der Waals surface area contributed by atoms with Crippen LogP contribution in [0.1, 0.15) is 6.42 Å². The number of anilines is 1. The van der Waals surface area contributed by atoms with Crippen LogP contribution in [0.5, 0.6) is 0 Å². The largest absolute Gasteiger partial charge is 0.369 e. The number of hydrogen-bond acceptors (Lipinski definition) is 5. The minimum atomic E-state index is -0.463. The van der Waals surface area contributed by atoms with Gasteiger partial charge < -0.3 is 5.73 Å². The molecular weight excluding hydrogens is 276 g/mol. The van der Waals surface area contributed by atoms with E-state index in [0.717, 1.165) is 10.6 Å². The Morgan fingerprint density at radius 3 is 2.95 bits per heavy atom.